The standard InChI is InChI=1S/C11H18N2O3S/c1-8-6-10(12)4-5-11(8)17(15,16)13(3)9(2)7-14/h4-6,9,14H,7,12H2,1-3H3. The van der Waals surface area contributed by atoms with Crippen LogP contribution in [0.25, 0.3) is 0 Å². The van der Waals surface area contributed by atoms with E-state index in [1.54, 1.807) is 26.0 Å². The zero-order valence-electron chi connectivity index (χ0n) is 10.2. The van der Waals surface area contributed by atoms with E-state index in [0.717, 1.165) is 4.31 Å². The topological polar surface area (TPSA) is 83.6 Å². The quantitative estimate of drug-likeness (QED) is 0.774. The Hall–Kier alpha value is -1.11. The molecule has 1 unspecified atom stereocenters. The summed E-state index contributed by atoms with van der Waals surface area (Å²) in [5.41, 5.74) is 6.71. The van der Waals surface area contributed by atoms with Crippen LogP contribution in [0, 0.1) is 6.92 Å². The van der Waals surface area contributed by atoms with Gasteiger partial charge in [0, 0.05) is 18.8 Å². The summed E-state index contributed by atoms with van der Waals surface area (Å²) in [6.45, 7) is 3.12. The number of anilines is 1. The maximum Gasteiger partial charge on any atom is 0.243 e. The minimum absolute atomic E-state index is 0.217. The van der Waals surface area contributed by atoms with Gasteiger partial charge in [0.15, 0.2) is 0 Å². The van der Waals surface area contributed by atoms with Gasteiger partial charge in [-0.25, -0.2) is 8.42 Å². The van der Waals surface area contributed by atoms with Crippen molar-refractivity contribution in [1.82, 2.24) is 4.31 Å². The number of hydrogen-bond acceptors (Lipinski definition) is 4. The summed E-state index contributed by atoms with van der Waals surface area (Å²) >= 11 is 0. The molecule has 1 rings (SSSR count). The molecule has 0 aliphatic rings. The van der Waals surface area contributed by atoms with Crippen LogP contribution in [0.3, 0.4) is 0 Å². The second-order valence-corrected chi connectivity index (χ2v) is 6.04. The first-order chi connectivity index (χ1) is 7.80. The summed E-state index contributed by atoms with van der Waals surface area (Å²) in [6.07, 6.45) is 0. The van der Waals surface area contributed by atoms with E-state index < -0.39 is 16.1 Å². The molecule has 0 amide bonds. The maximum atomic E-state index is 12.2. The molecular weight excluding hydrogens is 240 g/mol. The van der Waals surface area contributed by atoms with E-state index in [1.807, 2.05) is 0 Å². The zero-order chi connectivity index (χ0) is 13.2. The average molecular weight is 258 g/mol. The number of nitrogens with two attached hydrogens (primary N) is 1. The highest BCUT2D eigenvalue weighted by Crippen LogP contribution is 2.22. The minimum atomic E-state index is -3.58. The van der Waals surface area contributed by atoms with Crippen molar-refractivity contribution in [3.8, 4) is 0 Å². The lowest BCUT2D eigenvalue weighted by Gasteiger charge is -2.23. The van der Waals surface area contributed by atoms with Crippen LogP contribution in [0.1, 0.15) is 12.5 Å². The fourth-order valence-corrected chi connectivity index (χ4v) is 3.03. The Labute approximate surface area is 102 Å². The molecule has 0 aliphatic carbocycles. The van der Waals surface area contributed by atoms with E-state index in [1.165, 1.54) is 13.1 Å². The molecule has 5 nitrogen and oxygen atoms in total. The molecule has 1 aromatic rings. The van der Waals surface area contributed by atoms with Crippen molar-refractivity contribution in [2.45, 2.75) is 24.8 Å². The summed E-state index contributed by atoms with van der Waals surface area (Å²) in [6, 6.07) is 4.19. The number of nitrogens with zero attached hydrogens (tertiary/aromatic N) is 1. The highest BCUT2D eigenvalue weighted by atomic mass is 32.2. The first-order valence-electron chi connectivity index (χ1n) is 5.25. The van der Waals surface area contributed by atoms with Crippen LogP contribution in [-0.4, -0.2) is 37.5 Å². The van der Waals surface area contributed by atoms with Crippen molar-refractivity contribution in [1.29, 1.82) is 0 Å². The fraction of sp³-hybridized carbons (Fsp3) is 0.455. The number of hydrogen-bond donors (Lipinski definition) is 2. The smallest absolute Gasteiger partial charge is 0.243 e. The van der Waals surface area contributed by atoms with Crippen molar-refractivity contribution in [3.63, 3.8) is 0 Å². The summed E-state index contributed by atoms with van der Waals surface area (Å²) in [5.74, 6) is 0. The van der Waals surface area contributed by atoms with Gasteiger partial charge < -0.3 is 10.8 Å². The van der Waals surface area contributed by atoms with Gasteiger partial charge in [0.1, 0.15) is 0 Å². The number of rotatable bonds is 4. The molecule has 0 saturated heterocycles. The highest BCUT2D eigenvalue weighted by molar-refractivity contribution is 7.89. The van der Waals surface area contributed by atoms with Crippen LogP contribution in [-0.2, 0) is 10.0 Å². The van der Waals surface area contributed by atoms with E-state index in [-0.39, 0.29) is 11.5 Å². The molecule has 0 spiro atoms. The number of nitrogen functional groups attached to an aromatic ring is 1. The number of benzene rings is 1. The Kier molecular flexibility index (Phi) is 4.13. The van der Waals surface area contributed by atoms with Gasteiger partial charge in [-0.1, -0.05) is 0 Å². The van der Waals surface area contributed by atoms with Crippen LogP contribution in [0.2, 0.25) is 0 Å². The predicted octanol–water partition coefficient (Wildman–Crippen LogP) is 0.579. The van der Waals surface area contributed by atoms with Crippen LogP contribution in [0.5, 0.6) is 0 Å². The van der Waals surface area contributed by atoms with Crippen LogP contribution in [0.15, 0.2) is 23.1 Å². The number of sulfonamides is 1. The Bertz CT molecular complexity index is 499. The maximum absolute atomic E-state index is 12.2. The molecule has 0 fully saturated rings. The first-order valence-corrected chi connectivity index (χ1v) is 6.69. The third-order valence-electron chi connectivity index (χ3n) is 2.74. The molecule has 0 saturated carbocycles. The summed E-state index contributed by atoms with van der Waals surface area (Å²) in [5, 5.41) is 9.00. The molecule has 0 aliphatic heterocycles. The van der Waals surface area contributed by atoms with Crippen molar-refractivity contribution >= 4 is 15.7 Å². The minimum Gasteiger partial charge on any atom is -0.399 e. The zero-order valence-corrected chi connectivity index (χ0v) is 11.0. The van der Waals surface area contributed by atoms with E-state index in [2.05, 4.69) is 0 Å². The lowest BCUT2D eigenvalue weighted by molar-refractivity contribution is 0.214. The molecular formula is C11H18N2O3S. The largest absolute Gasteiger partial charge is 0.399 e. The third kappa shape index (κ3) is 2.77. The van der Waals surface area contributed by atoms with Gasteiger partial charge in [0.2, 0.25) is 10.0 Å². The SMILES string of the molecule is Cc1cc(N)ccc1S(=O)(=O)N(C)C(C)CO. The molecule has 0 heterocycles. The van der Waals surface area contributed by atoms with Gasteiger partial charge in [-0.15, -0.1) is 0 Å². The number of aliphatic hydroxyl groups excluding tert-OH is 1. The van der Waals surface area contributed by atoms with Crippen molar-refractivity contribution in [3.05, 3.63) is 23.8 Å². The third-order valence-corrected chi connectivity index (χ3v) is 4.87. The molecule has 0 radical (unpaired) electrons. The lowest BCUT2D eigenvalue weighted by Crippen LogP contribution is -2.37. The highest BCUT2D eigenvalue weighted by Gasteiger charge is 2.26. The van der Waals surface area contributed by atoms with Crippen molar-refractivity contribution in [2.75, 3.05) is 19.4 Å². The Morgan fingerprint density at radius 2 is 2.06 bits per heavy atom. The second kappa shape index (κ2) is 5.03. The van der Waals surface area contributed by atoms with Crippen LogP contribution >= 0.6 is 0 Å². The molecule has 6 heteroatoms. The normalized spacial score (nSPS) is 13.9. The molecule has 3 N–H and O–H groups in total. The van der Waals surface area contributed by atoms with Gasteiger partial charge in [-0.3, -0.25) is 0 Å². The summed E-state index contributed by atoms with van der Waals surface area (Å²) < 4.78 is 25.6. The van der Waals surface area contributed by atoms with Gasteiger partial charge in [0.05, 0.1) is 11.5 Å². The number of likely N-dealkylation sites (N-methyl/N-ethyl adjacent to an activating group) is 1. The Morgan fingerprint density at radius 1 is 1.47 bits per heavy atom. The van der Waals surface area contributed by atoms with E-state index in [0.29, 0.717) is 11.3 Å². The monoisotopic (exact) mass is 258 g/mol. The lowest BCUT2D eigenvalue weighted by atomic mass is 10.2. The van der Waals surface area contributed by atoms with Gasteiger partial charge in [-0.05, 0) is 37.6 Å². The molecule has 1 aromatic carbocycles. The van der Waals surface area contributed by atoms with Crippen LogP contribution in [0.4, 0.5) is 5.69 Å². The summed E-state index contributed by atoms with van der Waals surface area (Å²) in [7, 11) is -2.13. The predicted molar refractivity (Wildman–Crippen MR) is 67.1 cm³/mol. The van der Waals surface area contributed by atoms with E-state index in [9.17, 15) is 8.42 Å². The molecule has 0 bridgehead atoms. The van der Waals surface area contributed by atoms with E-state index in [4.69, 9.17) is 10.8 Å². The number of aryl methyl sites for hydroxylation is 1. The second-order valence-electron chi connectivity index (χ2n) is 4.08. The van der Waals surface area contributed by atoms with Crippen LogP contribution < -0.4 is 5.73 Å². The van der Waals surface area contributed by atoms with Gasteiger partial charge >= 0.3 is 0 Å². The Balaban J connectivity index is 3.22. The molecule has 1 atom stereocenters. The molecule has 0 aromatic heterocycles. The summed E-state index contributed by atoms with van der Waals surface area (Å²) in [4.78, 5) is 0.217. The van der Waals surface area contributed by atoms with Crippen molar-refractivity contribution < 1.29 is 13.5 Å². The van der Waals surface area contributed by atoms with Gasteiger partial charge in [-0.2, -0.15) is 4.31 Å². The first kappa shape index (κ1) is 14.0. The molecule has 96 valence electrons. The van der Waals surface area contributed by atoms with Gasteiger partial charge in [0.25, 0.3) is 0 Å². The van der Waals surface area contributed by atoms with E-state index >= 15 is 0 Å². The van der Waals surface area contributed by atoms with Crippen molar-refractivity contribution in [2.24, 2.45) is 0 Å². The Morgan fingerprint density at radius 3 is 2.53 bits per heavy atom. The fourth-order valence-electron chi connectivity index (χ4n) is 1.47. The number of aliphatic hydroxyl groups is 1. The molecule has 17 heavy (non-hydrogen) atoms. The average Bonchev–Trinajstić information content (AvgIpc) is 2.26.